The summed E-state index contributed by atoms with van der Waals surface area (Å²) in [6.45, 7) is 4.21. The molecule has 0 bridgehead atoms. The molecular formula is C13H24O2. The van der Waals surface area contributed by atoms with E-state index < -0.39 is 0 Å². The predicted octanol–water partition coefficient (Wildman–Crippen LogP) is 3.86. The van der Waals surface area contributed by atoms with Gasteiger partial charge in [0.05, 0.1) is 7.11 Å². The molecule has 0 saturated carbocycles. The van der Waals surface area contributed by atoms with Crippen LogP contribution in [0, 0.1) is 0 Å². The van der Waals surface area contributed by atoms with Gasteiger partial charge in [-0.15, -0.1) is 0 Å². The summed E-state index contributed by atoms with van der Waals surface area (Å²) in [4.78, 5) is 10.9. The fraction of sp³-hybridized carbons (Fsp3) is 0.769. The van der Waals surface area contributed by atoms with Crippen molar-refractivity contribution >= 4 is 5.97 Å². The van der Waals surface area contributed by atoms with Crippen molar-refractivity contribution in [2.75, 3.05) is 7.11 Å². The van der Waals surface area contributed by atoms with E-state index in [2.05, 4.69) is 11.7 Å². The monoisotopic (exact) mass is 212 g/mol. The summed E-state index contributed by atoms with van der Waals surface area (Å²) in [6, 6.07) is 0. The van der Waals surface area contributed by atoms with E-state index in [4.69, 9.17) is 0 Å². The first-order valence-electron chi connectivity index (χ1n) is 5.95. The minimum absolute atomic E-state index is 0.238. The molecule has 0 aromatic heterocycles. The van der Waals surface area contributed by atoms with Crippen molar-refractivity contribution in [2.24, 2.45) is 0 Å². The van der Waals surface area contributed by atoms with Gasteiger partial charge in [-0.25, -0.2) is 4.79 Å². The molecule has 0 spiro atoms. The van der Waals surface area contributed by atoms with Gasteiger partial charge in [0, 0.05) is 6.08 Å². The number of methoxy groups -OCH3 is 1. The Balaban J connectivity index is 3.42. The Bertz CT molecular complexity index is 195. The van der Waals surface area contributed by atoms with E-state index >= 15 is 0 Å². The summed E-state index contributed by atoms with van der Waals surface area (Å²) in [7, 11) is 1.41. The van der Waals surface area contributed by atoms with Crippen LogP contribution >= 0.6 is 0 Å². The topological polar surface area (TPSA) is 26.3 Å². The van der Waals surface area contributed by atoms with Gasteiger partial charge < -0.3 is 4.74 Å². The molecule has 0 aliphatic carbocycles. The Hall–Kier alpha value is -0.790. The smallest absolute Gasteiger partial charge is 0.330 e. The van der Waals surface area contributed by atoms with Crippen LogP contribution in [-0.2, 0) is 9.53 Å². The minimum atomic E-state index is -0.238. The third-order valence-corrected chi connectivity index (χ3v) is 2.49. The number of rotatable bonds is 8. The first kappa shape index (κ1) is 14.2. The van der Waals surface area contributed by atoms with Crippen molar-refractivity contribution in [2.45, 2.75) is 58.8 Å². The molecule has 2 nitrogen and oxygen atoms in total. The lowest BCUT2D eigenvalue weighted by molar-refractivity contribution is -0.134. The predicted molar refractivity (Wildman–Crippen MR) is 63.8 cm³/mol. The summed E-state index contributed by atoms with van der Waals surface area (Å²) >= 11 is 0. The van der Waals surface area contributed by atoms with Crippen LogP contribution in [0.1, 0.15) is 58.8 Å². The molecule has 0 aliphatic rings. The zero-order chi connectivity index (χ0) is 11.5. The van der Waals surface area contributed by atoms with Crippen LogP contribution in [0.15, 0.2) is 11.6 Å². The first-order valence-corrected chi connectivity index (χ1v) is 5.95. The second-order valence-corrected chi connectivity index (χ2v) is 4.03. The first-order chi connectivity index (χ1) is 7.20. The van der Waals surface area contributed by atoms with Gasteiger partial charge in [0.15, 0.2) is 0 Å². The van der Waals surface area contributed by atoms with Crippen LogP contribution in [-0.4, -0.2) is 13.1 Å². The molecular weight excluding hydrogens is 188 g/mol. The second kappa shape index (κ2) is 9.75. The molecule has 88 valence electrons. The van der Waals surface area contributed by atoms with E-state index in [0.717, 1.165) is 12.0 Å². The molecule has 0 rings (SSSR count). The molecule has 0 N–H and O–H groups in total. The normalized spacial score (nSPS) is 11.5. The van der Waals surface area contributed by atoms with Gasteiger partial charge in [0.1, 0.15) is 0 Å². The van der Waals surface area contributed by atoms with Gasteiger partial charge in [0.25, 0.3) is 0 Å². The molecule has 2 heteroatoms. The van der Waals surface area contributed by atoms with E-state index in [-0.39, 0.29) is 5.97 Å². The Morgan fingerprint density at radius 2 is 1.73 bits per heavy atom. The number of esters is 1. The van der Waals surface area contributed by atoms with Crippen molar-refractivity contribution in [1.82, 2.24) is 0 Å². The lowest BCUT2D eigenvalue weighted by Crippen LogP contribution is -1.95. The van der Waals surface area contributed by atoms with Crippen molar-refractivity contribution in [3.63, 3.8) is 0 Å². The average Bonchev–Trinajstić information content (AvgIpc) is 2.23. The number of hydrogen-bond acceptors (Lipinski definition) is 2. The van der Waals surface area contributed by atoms with E-state index in [1.54, 1.807) is 6.08 Å². The largest absolute Gasteiger partial charge is 0.466 e. The zero-order valence-corrected chi connectivity index (χ0v) is 10.3. The van der Waals surface area contributed by atoms with Gasteiger partial charge in [-0.1, -0.05) is 44.6 Å². The fourth-order valence-corrected chi connectivity index (χ4v) is 1.52. The average molecular weight is 212 g/mol. The standard InChI is InChI=1S/C13H24O2/c1-4-5-6-7-8-9-10-12(2)11-13(14)15-3/h11H,4-10H2,1-3H3/b12-11+. The summed E-state index contributed by atoms with van der Waals surface area (Å²) in [5.74, 6) is -0.238. The highest BCUT2D eigenvalue weighted by molar-refractivity contribution is 5.82. The number of unbranched alkanes of at least 4 members (excludes halogenated alkanes) is 5. The lowest BCUT2D eigenvalue weighted by Gasteiger charge is -2.01. The Morgan fingerprint density at radius 3 is 2.33 bits per heavy atom. The Kier molecular flexibility index (Phi) is 9.24. The van der Waals surface area contributed by atoms with Crippen LogP contribution in [0.5, 0.6) is 0 Å². The summed E-state index contributed by atoms with van der Waals surface area (Å²) in [5, 5.41) is 0. The highest BCUT2D eigenvalue weighted by Gasteiger charge is 1.97. The van der Waals surface area contributed by atoms with Crippen molar-refractivity contribution in [3.8, 4) is 0 Å². The number of ether oxygens (including phenoxy) is 1. The van der Waals surface area contributed by atoms with E-state index in [0.29, 0.717) is 0 Å². The molecule has 0 atom stereocenters. The maximum absolute atomic E-state index is 10.9. The Labute approximate surface area is 93.7 Å². The quantitative estimate of drug-likeness (QED) is 0.347. The molecule has 0 aliphatic heterocycles. The number of carbonyl (C=O) groups excluding carboxylic acids is 1. The highest BCUT2D eigenvalue weighted by atomic mass is 16.5. The maximum Gasteiger partial charge on any atom is 0.330 e. The van der Waals surface area contributed by atoms with Crippen LogP contribution in [0.2, 0.25) is 0 Å². The van der Waals surface area contributed by atoms with E-state index in [9.17, 15) is 4.79 Å². The minimum Gasteiger partial charge on any atom is -0.466 e. The number of allylic oxidation sites excluding steroid dienone is 1. The van der Waals surface area contributed by atoms with Gasteiger partial charge in [-0.05, 0) is 19.8 Å². The lowest BCUT2D eigenvalue weighted by atomic mass is 10.1. The SMILES string of the molecule is CCCCCCCC/C(C)=C/C(=O)OC. The van der Waals surface area contributed by atoms with Crippen LogP contribution < -0.4 is 0 Å². The molecule has 15 heavy (non-hydrogen) atoms. The summed E-state index contributed by atoms with van der Waals surface area (Å²) < 4.78 is 4.56. The number of carbonyl (C=O) groups is 1. The van der Waals surface area contributed by atoms with Gasteiger partial charge >= 0.3 is 5.97 Å². The fourth-order valence-electron chi connectivity index (χ4n) is 1.52. The second-order valence-electron chi connectivity index (χ2n) is 4.03. The third kappa shape index (κ3) is 9.51. The molecule has 0 saturated heterocycles. The van der Waals surface area contributed by atoms with E-state index in [1.807, 2.05) is 6.92 Å². The maximum atomic E-state index is 10.9. The molecule has 0 fully saturated rings. The molecule has 0 aromatic rings. The van der Waals surface area contributed by atoms with Crippen LogP contribution in [0.3, 0.4) is 0 Å². The van der Waals surface area contributed by atoms with Crippen LogP contribution in [0.25, 0.3) is 0 Å². The van der Waals surface area contributed by atoms with Gasteiger partial charge in [0.2, 0.25) is 0 Å². The van der Waals surface area contributed by atoms with Crippen molar-refractivity contribution in [3.05, 3.63) is 11.6 Å². The number of hydrogen-bond donors (Lipinski definition) is 0. The Morgan fingerprint density at radius 1 is 1.13 bits per heavy atom. The van der Waals surface area contributed by atoms with Gasteiger partial charge in [-0.2, -0.15) is 0 Å². The van der Waals surface area contributed by atoms with Crippen LogP contribution in [0.4, 0.5) is 0 Å². The zero-order valence-electron chi connectivity index (χ0n) is 10.3. The molecule has 0 unspecified atom stereocenters. The summed E-state index contributed by atoms with van der Waals surface area (Å²) in [6.07, 6.45) is 10.4. The third-order valence-electron chi connectivity index (χ3n) is 2.49. The van der Waals surface area contributed by atoms with Gasteiger partial charge in [-0.3, -0.25) is 0 Å². The molecule has 0 aromatic carbocycles. The van der Waals surface area contributed by atoms with Crippen molar-refractivity contribution < 1.29 is 9.53 Å². The highest BCUT2D eigenvalue weighted by Crippen LogP contribution is 2.11. The van der Waals surface area contributed by atoms with E-state index in [1.165, 1.54) is 45.6 Å². The van der Waals surface area contributed by atoms with Crippen molar-refractivity contribution in [1.29, 1.82) is 0 Å². The molecule has 0 heterocycles. The molecule has 0 radical (unpaired) electrons. The summed E-state index contributed by atoms with van der Waals surface area (Å²) in [5.41, 5.74) is 1.12. The molecule has 0 amide bonds.